The fourth-order valence-electron chi connectivity index (χ4n) is 6.27. The minimum atomic E-state index is -4.63. The lowest BCUT2D eigenvalue weighted by Crippen LogP contribution is -2.34. The Kier molecular flexibility index (Phi) is 43.5. The molecule has 0 saturated carbocycles. The van der Waals surface area contributed by atoms with Crippen molar-refractivity contribution in [3.8, 4) is 0 Å². The molecule has 0 spiro atoms. The van der Waals surface area contributed by atoms with Crippen molar-refractivity contribution in [2.75, 3.05) is 26.4 Å². The number of carbonyl (C=O) groups excluding carboxylic acids is 1. The van der Waals surface area contributed by atoms with E-state index in [2.05, 4.69) is 86.8 Å². The standard InChI is InChI=1S/C50H88NO9P/c1-3-5-7-9-11-13-15-17-19-21-23-25-27-29-31-33-35-37-39-41-43-57-44-47(45-58-61(55,56)59-46-48(51)50(53)54)60-49(52)42-40-38-36-34-32-30-28-26-24-22-20-18-16-14-12-10-8-6-4-2/h5,7,11-14,17-20,23,25,47-48H,3-4,6,8-10,15-16,21-22,24,26-46,51H2,1-2H3,(H,53,54)(H,55,56)/b7-5-,13-11-,14-12-,19-17-,20-18-,25-23-. The zero-order valence-electron chi connectivity index (χ0n) is 38.5. The second-order valence-corrected chi connectivity index (χ2v) is 17.3. The zero-order chi connectivity index (χ0) is 44.8. The maximum Gasteiger partial charge on any atom is 0.472 e. The number of aliphatic carboxylic acids is 1. The van der Waals surface area contributed by atoms with E-state index in [4.69, 9.17) is 29.4 Å². The highest BCUT2D eigenvalue weighted by Gasteiger charge is 2.27. The van der Waals surface area contributed by atoms with Gasteiger partial charge in [0.1, 0.15) is 12.1 Å². The van der Waals surface area contributed by atoms with E-state index in [-0.39, 0.29) is 13.0 Å². The Morgan fingerprint density at radius 3 is 1.43 bits per heavy atom. The van der Waals surface area contributed by atoms with Crippen LogP contribution in [-0.2, 0) is 32.7 Å². The minimum absolute atomic E-state index is 0.00447. The van der Waals surface area contributed by atoms with Crippen molar-refractivity contribution < 1.29 is 42.7 Å². The van der Waals surface area contributed by atoms with Crippen LogP contribution in [0.5, 0.6) is 0 Å². The number of phosphoric acid groups is 1. The predicted octanol–water partition coefficient (Wildman–Crippen LogP) is 13.8. The maximum atomic E-state index is 12.7. The normalized spacial score (nSPS) is 14.4. The number of ether oxygens (including phenoxy) is 2. The number of hydrogen-bond donors (Lipinski definition) is 3. The zero-order valence-corrected chi connectivity index (χ0v) is 39.4. The van der Waals surface area contributed by atoms with E-state index in [1.165, 1.54) is 83.5 Å². The largest absolute Gasteiger partial charge is 0.480 e. The Morgan fingerprint density at radius 1 is 0.541 bits per heavy atom. The van der Waals surface area contributed by atoms with Crippen molar-refractivity contribution in [3.05, 3.63) is 72.9 Å². The summed E-state index contributed by atoms with van der Waals surface area (Å²) in [6.45, 7) is 3.72. The third-order valence-corrected chi connectivity index (χ3v) is 10.9. The van der Waals surface area contributed by atoms with Crippen LogP contribution in [0.25, 0.3) is 0 Å². The van der Waals surface area contributed by atoms with Gasteiger partial charge in [-0.2, -0.15) is 0 Å². The van der Waals surface area contributed by atoms with Crippen molar-refractivity contribution in [1.82, 2.24) is 0 Å². The molecular formula is C50H88NO9P. The monoisotopic (exact) mass is 878 g/mol. The highest BCUT2D eigenvalue weighted by atomic mass is 31.2. The van der Waals surface area contributed by atoms with E-state index >= 15 is 0 Å². The van der Waals surface area contributed by atoms with Gasteiger partial charge < -0.3 is 25.2 Å². The SMILES string of the molecule is CC/C=C\C/C=C\C/C=C\C/C=C\CCCCCCCCCOCC(COP(=O)(O)OCC(N)C(=O)O)OC(=O)CCCCCCCCCCC/C=C\C/C=C\CCCCC. The van der Waals surface area contributed by atoms with Crippen LogP contribution in [0.3, 0.4) is 0 Å². The molecule has 0 amide bonds. The highest BCUT2D eigenvalue weighted by molar-refractivity contribution is 7.47. The number of unbranched alkanes of at least 4 members (excludes halogenated alkanes) is 19. The molecule has 61 heavy (non-hydrogen) atoms. The summed E-state index contributed by atoms with van der Waals surface area (Å²) in [4.78, 5) is 33.6. The molecule has 0 aromatic rings. The number of nitrogens with two attached hydrogens (primary N) is 1. The number of carboxylic acid groups (broad SMARTS) is 1. The molecule has 0 aliphatic rings. The molecule has 0 aromatic carbocycles. The summed E-state index contributed by atoms with van der Waals surface area (Å²) < 4.78 is 33.4. The predicted molar refractivity (Wildman–Crippen MR) is 254 cm³/mol. The summed E-state index contributed by atoms with van der Waals surface area (Å²) in [6, 6.07) is -1.48. The van der Waals surface area contributed by atoms with Crippen LogP contribution < -0.4 is 5.73 Å². The Morgan fingerprint density at radius 2 is 0.951 bits per heavy atom. The summed E-state index contributed by atoms with van der Waals surface area (Å²) in [5.74, 6) is -1.79. The average molecular weight is 878 g/mol. The Bertz CT molecular complexity index is 1250. The van der Waals surface area contributed by atoms with Gasteiger partial charge in [-0.3, -0.25) is 18.6 Å². The van der Waals surface area contributed by atoms with E-state index in [1.54, 1.807) is 0 Å². The number of esters is 1. The molecule has 0 fully saturated rings. The van der Waals surface area contributed by atoms with Gasteiger partial charge in [-0.15, -0.1) is 0 Å². The van der Waals surface area contributed by atoms with Gasteiger partial charge in [0.05, 0.1) is 19.8 Å². The molecule has 0 aromatic heterocycles. The van der Waals surface area contributed by atoms with Gasteiger partial charge in [0.15, 0.2) is 0 Å². The third-order valence-electron chi connectivity index (χ3n) is 9.97. The molecule has 3 unspecified atom stereocenters. The van der Waals surface area contributed by atoms with Crippen molar-refractivity contribution in [1.29, 1.82) is 0 Å². The van der Waals surface area contributed by atoms with Crippen LogP contribution in [0, 0.1) is 0 Å². The number of carboxylic acids is 1. The molecule has 4 N–H and O–H groups in total. The summed E-state index contributed by atoms with van der Waals surface area (Å²) in [5.41, 5.74) is 5.37. The summed E-state index contributed by atoms with van der Waals surface area (Å²) in [5, 5.41) is 8.92. The minimum Gasteiger partial charge on any atom is -0.480 e. The Balaban J connectivity index is 4.22. The van der Waals surface area contributed by atoms with Crippen molar-refractivity contribution in [2.45, 2.75) is 206 Å². The van der Waals surface area contributed by atoms with Crippen LogP contribution >= 0.6 is 7.82 Å². The summed E-state index contributed by atoms with van der Waals surface area (Å²) in [7, 11) is -4.63. The van der Waals surface area contributed by atoms with E-state index in [1.807, 2.05) is 0 Å². The lowest BCUT2D eigenvalue weighted by atomic mass is 10.1. The van der Waals surface area contributed by atoms with Crippen molar-refractivity contribution >= 4 is 19.8 Å². The molecule has 0 bridgehead atoms. The van der Waals surface area contributed by atoms with Gasteiger partial charge in [-0.25, -0.2) is 4.57 Å². The summed E-state index contributed by atoms with van der Waals surface area (Å²) in [6.07, 6.45) is 56.6. The van der Waals surface area contributed by atoms with E-state index in [9.17, 15) is 19.0 Å². The fraction of sp³-hybridized carbons (Fsp3) is 0.720. The van der Waals surface area contributed by atoms with Gasteiger partial charge in [-0.05, 0) is 83.5 Å². The van der Waals surface area contributed by atoms with Gasteiger partial charge in [0, 0.05) is 13.0 Å². The number of carbonyl (C=O) groups is 2. The van der Waals surface area contributed by atoms with E-state index in [0.29, 0.717) is 13.0 Å². The Hall–Kier alpha value is -2.59. The van der Waals surface area contributed by atoms with Gasteiger partial charge >= 0.3 is 19.8 Å². The van der Waals surface area contributed by atoms with Crippen molar-refractivity contribution in [3.63, 3.8) is 0 Å². The lowest BCUT2D eigenvalue weighted by molar-refractivity contribution is -0.154. The van der Waals surface area contributed by atoms with Crippen LogP contribution in [-0.4, -0.2) is 60.5 Å². The molecule has 0 saturated heterocycles. The molecule has 3 atom stereocenters. The first kappa shape index (κ1) is 58.4. The molecular weight excluding hydrogens is 790 g/mol. The smallest absolute Gasteiger partial charge is 0.472 e. The second kappa shape index (κ2) is 45.4. The van der Waals surface area contributed by atoms with Gasteiger partial charge in [-0.1, -0.05) is 177 Å². The third kappa shape index (κ3) is 45.3. The number of rotatable bonds is 45. The molecule has 0 heterocycles. The van der Waals surface area contributed by atoms with E-state index in [0.717, 1.165) is 83.5 Å². The molecule has 10 nitrogen and oxygen atoms in total. The van der Waals surface area contributed by atoms with Gasteiger partial charge in [0.25, 0.3) is 0 Å². The lowest BCUT2D eigenvalue weighted by Gasteiger charge is -2.20. The first-order valence-corrected chi connectivity index (χ1v) is 25.5. The fourth-order valence-corrected chi connectivity index (χ4v) is 7.05. The number of hydrogen-bond acceptors (Lipinski definition) is 8. The summed E-state index contributed by atoms with van der Waals surface area (Å²) >= 11 is 0. The van der Waals surface area contributed by atoms with Crippen LogP contribution in [0.15, 0.2) is 72.9 Å². The maximum absolute atomic E-state index is 12.7. The first-order valence-electron chi connectivity index (χ1n) is 24.0. The molecule has 0 aliphatic heterocycles. The number of phosphoric ester groups is 1. The Labute approximate surface area is 372 Å². The van der Waals surface area contributed by atoms with Crippen LogP contribution in [0.4, 0.5) is 0 Å². The highest BCUT2D eigenvalue weighted by Crippen LogP contribution is 2.43. The van der Waals surface area contributed by atoms with Crippen LogP contribution in [0.2, 0.25) is 0 Å². The first-order chi connectivity index (χ1) is 29.7. The van der Waals surface area contributed by atoms with Crippen LogP contribution in [0.1, 0.15) is 194 Å². The molecule has 352 valence electrons. The molecule has 11 heteroatoms. The topological polar surface area (TPSA) is 155 Å². The number of allylic oxidation sites excluding steroid dienone is 12. The second-order valence-electron chi connectivity index (χ2n) is 15.9. The molecule has 0 rings (SSSR count). The van der Waals surface area contributed by atoms with Gasteiger partial charge in [0.2, 0.25) is 0 Å². The van der Waals surface area contributed by atoms with E-state index < -0.39 is 45.1 Å². The quantitative estimate of drug-likeness (QED) is 0.0233. The van der Waals surface area contributed by atoms with Crippen molar-refractivity contribution in [2.24, 2.45) is 5.73 Å². The average Bonchev–Trinajstić information content (AvgIpc) is 3.24. The molecule has 0 aliphatic carbocycles. The molecule has 0 radical (unpaired) electrons.